The molecule has 0 aliphatic carbocycles. The van der Waals surface area contributed by atoms with Crippen molar-refractivity contribution < 1.29 is 17.6 Å². The summed E-state index contributed by atoms with van der Waals surface area (Å²) >= 11 is 1.09. The Bertz CT molecular complexity index is 781. The number of ether oxygens (including phenoxy) is 1. The lowest BCUT2D eigenvalue weighted by molar-refractivity contribution is 0.0252. The molecule has 1 aliphatic heterocycles. The Morgan fingerprint density at radius 2 is 2.18 bits per heavy atom. The van der Waals surface area contributed by atoms with Crippen LogP contribution in [0.1, 0.15) is 23.3 Å². The summed E-state index contributed by atoms with van der Waals surface area (Å²) < 4.78 is 34.5. The maximum absolute atomic E-state index is 11.5. The maximum atomic E-state index is 11.5. The molecule has 22 heavy (non-hydrogen) atoms. The van der Waals surface area contributed by atoms with Crippen LogP contribution >= 0.6 is 11.3 Å². The van der Waals surface area contributed by atoms with Crippen molar-refractivity contribution in [1.82, 2.24) is 4.98 Å². The molecule has 0 saturated carbocycles. The fraction of sp³-hybridized carbons (Fsp3) is 0.462. The molecular weight excluding hydrogens is 326 g/mol. The first-order valence-corrected chi connectivity index (χ1v) is 9.14. The number of anilines is 1. The molecule has 2 N–H and O–H groups in total. The molecule has 1 unspecified atom stereocenters. The molecule has 7 nitrogen and oxygen atoms in total. The van der Waals surface area contributed by atoms with Crippen LogP contribution in [0.3, 0.4) is 0 Å². The summed E-state index contributed by atoms with van der Waals surface area (Å²) in [7, 11) is -3.73. The van der Waals surface area contributed by atoms with Gasteiger partial charge in [-0.15, -0.1) is 0 Å². The summed E-state index contributed by atoms with van der Waals surface area (Å²) in [4.78, 5) is 6.33. The first kappa shape index (κ1) is 15.5. The fourth-order valence-electron chi connectivity index (χ4n) is 2.39. The first-order chi connectivity index (χ1) is 10.3. The number of rotatable bonds is 3. The summed E-state index contributed by atoms with van der Waals surface area (Å²) in [6, 6.07) is 3.79. The van der Waals surface area contributed by atoms with Crippen molar-refractivity contribution in [1.29, 1.82) is 0 Å². The monoisotopic (exact) mass is 343 g/mol. The Labute approximate surface area is 132 Å². The highest BCUT2D eigenvalue weighted by Gasteiger charge is 2.28. The van der Waals surface area contributed by atoms with Crippen LogP contribution in [0.15, 0.2) is 20.8 Å². The predicted molar refractivity (Wildman–Crippen MR) is 82.6 cm³/mol. The molecule has 1 atom stereocenters. The number of morpholine rings is 1. The Kier molecular flexibility index (Phi) is 3.98. The van der Waals surface area contributed by atoms with E-state index in [1.54, 1.807) is 6.92 Å². The highest BCUT2D eigenvalue weighted by atomic mass is 32.2. The van der Waals surface area contributed by atoms with Crippen LogP contribution < -0.4 is 10.0 Å². The highest BCUT2D eigenvalue weighted by Crippen LogP contribution is 2.32. The number of nitrogens with zero attached hydrogens (tertiary/aromatic N) is 2. The Morgan fingerprint density at radius 3 is 2.77 bits per heavy atom. The van der Waals surface area contributed by atoms with Crippen LogP contribution in [0, 0.1) is 13.8 Å². The van der Waals surface area contributed by atoms with Gasteiger partial charge >= 0.3 is 0 Å². The van der Waals surface area contributed by atoms with Crippen molar-refractivity contribution in [2.24, 2.45) is 5.14 Å². The molecule has 3 heterocycles. The van der Waals surface area contributed by atoms with E-state index >= 15 is 0 Å². The second kappa shape index (κ2) is 5.65. The van der Waals surface area contributed by atoms with E-state index in [2.05, 4.69) is 4.98 Å². The lowest BCUT2D eigenvalue weighted by atomic mass is 10.2. The van der Waals surface area contributed by atoms with Gasteiger partial charge in [0, 0.05) is 6.54 Å². The molecule has 0 aromatic carbocycles. The minimum Gasteiger partial charge on any atom is -0.464 e. The number of primary sulfonamides is 1. The van der Waals surface area contributed by atoms with E-state index in [4.69, 9.17) is 14.3 Å². The van der Waals surface area contributed by atoms with Gasteiger partial charge in [-0.25, -0.2) is 18.5 Å². The molecular formula is C13H17N3O4S2. The standard InChI is InChI=1S/C13H17N3O4S2/c1-8-3-4-10(20-8)11-7-16(5-6-19-11)13-15-9(2)12(21-13)22(14,17)18/h3-4,11H,5-7H2,1-2H3,(H2,14,17,18). The summed E-state index contributed by atoms with van der Waals surface area (Å²) in [6.07, 6.45) is -0.190. The number of aryl methyl sites for hydroxylation is 2. The molecule has 0 amide bonds. The quantitative estimate of drug-likeness (QED) is 0.908. The number of hydrogen-bond acceptors (Lipinski definition) is 7. The van der Waals surface area contributed by atoms with Gasteiger partial charge in [0.2, 0.25) is 10.0 Å². The molecule has 1 saturated heterocycles. The van der Waals surface area contributed by atoms with E-state index in [9.17, 15) is 8.42 Å². The van der Waals surface area contributed by atoms with E-state index in [-0.39, 0.29) is 10.3 Å². The first-order valence-electron chi connectivity index (χ1n) is 6.77. The normalized spacial score (nSPS) is 19.6. The topological polar surface area (TPSA) is 98.7 Å². The summed E-state index contributed by atoms with van der Waals surface area (Å²) in [6.45, 7) is 5.26. The smallest absolute Gasteiger partial charge is 0.249 e. The molecule has 3 rings (SSSR count). The second-order valence-corrected chi connectivity index (χ2v) is 7.90. The van der Waals surface area contributed by atoms with Gasteiger partial charge in [0.15, 0.2) is 9.34 Å². The highest BCUT2D eigenvalue weighted by molar-refractivity contribution is 7.91. The van der Waals surface area contributed by atoms with Crippen LogP contribution in [-0.2, 0) is 14.8 Å². The molecule has 2 aromatic heterocycles. The molecule has 0 spiro atoms. The third-order valence-corrected chi connectivity index (χ3v) is 6.19. The van der Waals surface area contributed by atoms with Gasteiger partial charge in [-0.05, 0) is 26.0 Å². The Balaban J connectivity index is 1.83. The predicted octanol–water partition coefficient (Wildman–Crippen LogP) is 1.58. The average Bonchev–Trinajstić information content (AvgIpc) is 3.04. The third-order valence-electron chi connectivity index (χ3n) is 3.42. The third kappa shape index (κ3) is 3.02. The average molecular weight is 343 g/mol. The zero-order valence-electron chi connectivity index (χ0n) is 12.3. The largest absolute Gasteiger partial charge is 0.464 e. The summed E-state index contributed by atoms with van der Waals surface area (Å²) in [5.74, 6) is 1.60. The van der Waals surface area contributed by atoms with Gasteiger partial charge in [-0.1, -0.05) is 11.3 Å². The van der Waals surface area contributed by atoms with Crippen LogP contribution in [0.2, 0.25) is 0 Å². The van der Waals surface area contributed by atoms with Gasteiger partial charge in [-0.3, -0.25) is 0 Å². The SMILES string of the molecule is Cc1ccc(C2CN(c3nc(C)c(S(N)(=O)=O)s3)CCO2)o1. The number of sulfonamides is 1. The Morgan fingerprint density at radius 1 is 1.41 bits per heavy atom. The van der Waals surface area contributed by atoms with E-state index in [0.717, 1.165) is 22.9 Å². The number of furan rings is 1. The maximum Gasteiger partial charge on any atom is 0.249 e. The van der Waals surface area contributed by atoms with Gasteiger partial charge in [0.1, 0.15) is 17.6 Å². The molecule has 1 fully saturated rings. The zero-order chi connectivity index (χ0) is 15.9. The number of thiazole rings is 1. The lowest BCUT2D eigenvalue weighted by Crippen LogP contribution is -2.38. The van der Waals surface area contributed by atoms with Gasteiger partial charge in [0.25, 0.3) is 0 Å². The molecule has 2 aromatic rings. The summed E-state index contributed by atoms with van der Waals surface area (Å²) in [5.41, 5.74) is 0.430. The fourth-order valence-corrected chi connectivity index (χ4v) is 4.37. The van der Waals surface area contributed by atoms with Crippen molar-refractivity contribution in [2.45, 2.75) is 24.2 Å². The zero-order valence-corrected chi connectivity index (χ0v) is 13.9. The van der Waals surface area contributed by atoms with Crippen LogP contribution in [0.4, 0.5) is 5.13 Å². The number of hydrogen-bond donors (Lipinski definition) is 1. The van der Waals surface area contributed by atoms with Crippen LogP contribution in [0.5, 0.6) is 0 Å². The van der Waals surface area contributed by atoms with Gasteiger partial charge in [0.05, 0.1) is 18.8 Å². The van der Waals surface area contributed by atoms with E-state index in [1.807, 2.05) is 24.0 Å². The number of aromatic nitrogens is 1. The van der Waals surface area contributed by atoms with E-state index in [0.29, 0.717) is 30.5 Å². The minimum absolute atomic E-state index is 0.111. The summed E-state index contributed by atoms with van der Waals surface area (Å²) in [5, 5.41) is 5.84. The van der Waals surface area contributed by atoms with E-state index in [1.165, 1.54) is 0 Å². The van der Waals surface area contributed by atoms with Crippen molar-refractivity contribution >= 4 is 26.5 Å². The van der Waals surface area contributed by atoms with Gasteiger partial charge in [-0.2, -0.15) is 0 Å². The molecule has 0 bridgehead atoms. The molecule has 0 radical (unpaired) electrons. The molecule has 120 valence electrons. The minimum atomic E-state index is -3.73. The van der Waals surface area contributed by atoms with Crippen LogP contribution in [-0.4, -0.2) is 33.1 Å². The Hall–Kier alpha value is -1.42. The van der Waals surface area contributed by atoms with Crippen molar-refractivity contribution in [3.05, 3.63) is 29.3 Å². The van der Waals surface area contributed by atoms with Crippen molar-refractivity contribution in [2.75, 3.05) is 24.6 Å². The van der Waals surface area contributed by atoms with Crippen LogP contribution in [0.25, 0.3) is 0 Å². The second-order valence-electron chi connectivity index (χ2n) is 5.17. The van der Waals surface area contributed by atoms with E-state index < -0.39 is 10.0 Å². The molecule has 9 heteroatoms. The molecule has 1 aliphatic rings. The lowest BCUT2D eigenvalue weighted by Gasteiger charge is -2.31. The number of nitrogens with two attached hydrogens (primary N) is 1. The van der Waals surface area contributed by atoms with Crippen molar-refractivity contribution in [3.63, 3.8) is 0 Å². The van der Waals surface area contributed by atoms with Crippen molar-refractivity contribution in [3.8, 4) is 0 Å². The van der Waals surface area contributed by atoms with Gasteiger partial charge < -0.3 is 14.1 Å².